The van der Waals surface area contributed by atoms with Crippen molar-refractivity contribution in [3.05, 3.63) is 27.7 Å². The van der Waals surface area contributed by atoms with Crippen LogP contribution in [0.1, 0.15) is 0 Å². The maximum atomic E-state index is 12.2. The zero-order valence-corrected chi connectivity index (χ0v) is 16.5. The molecule has 1 aliphatic rings. The Morgan fingerprint density at radius 1 is 1.27 bits per heavy atom. The summed E-state index contributed by atoms with van der Waals surface area (Å²) in [5.74, 6) is 0. The van der Waals surface area contributed by atoms with Gasteiger partial charge in [-0.05, 0) is 28.1 Å². The summed E-state index contributed by atoms with van der Waals surface area (Å²) in [5, 5.41) is 3.64. The first-order chi connectivity index (χ1) is 9.50. The molecular formula is C12H19BrCl3N3O2S. The maximum absolute atomic E-state index is 12.2. The number of hydrogen-bond donors (Lipinski definition) is 2. The van der Waals surface area contributed by atoms with Crippen LogP contribution < -0.4 is 10.0 Å². The average molecular weight is 456 g/mol. The summed E-state index contributed by atoms with van der Waals surface area (Å²) in [4.78, 5) is 2.40. The molecule has 1 aromatic carbocycles. The molecule has 2 N–H and O–H groups in total. The quantitative estimate of drug-likeness (QED) is 0.714. The minimum absolute atomic E-state index is 0. The Balaban J connectivity index is 0.00000220. The zero-order valence-electron chi connectivity index (χ0n) is 11.7. The van der Waals surface area contributed by atoms with Crippen LogP contribution in [0, 0.1) is 0 Å². The van der Waals surface area contributed by atoms with E-state index in [2.05, 4.69) is 30.9 Å². The Bertz CT molecular complexity index is 569. The van der Waals surface area contributed by atoms with Gasteiger partial charge in [0.15, 0.2) is 0 Å². The number of benzene rings is 1. The third kappa shape index (κ3) is 6.13. The highest BCUT2D eigenvalue weighted by Crippen LogP contribution is 2.29. The van der Waals surface area contributed by atoms with Crippen molar-refractivity contribution in [3.63, 3.8) is 0 Å². The number of sulfonamides is 1. The van der Waals surface area contributed by atoms with E-state index in [1.807, 2.05) is 0 Å². The Morgan fingerprint density at radius 2 is 1.91 bits per heavy atom. The minimum Gasteiger partial charge on any atom is -0.314 e. The summed E-state index contributed by atoms with van der Waals surface area (Å²) in [6, 6.07) is 4.80. The topological polar surface area (TPSA) is 61.4 Å². The molecule has 0 bridgehead atoms. The third-order valence-corrected chi connectivity index (χ3v) is 6.30. The normalized spacial score (nSPS) is 15.7. The molecule has 10 heteroatoms. The number of halogens is 4. The van der Waals surface area contributed by atoms with Gasteiger partial charge in [-0.1, -0.05) is 17.7 Å². The molecule has 128 valence electrons. The molecule has 5 nitrogen and oxygen atoms in total. The second-order valence-corrected chi connectivity index (χ2v) is 7.48. The van der Waals surface area contributed by atoms with Crippen molar-refractivity contribution in [2.75, 3.05) is 39.3 Å². The molecule has 0 saturated carbocycles. The number of piperazine rings is 1. The largest absolute Gasteiger partial charge is 0.314 e. The molecule has 1 aliphatic heterocycles. The van der Waals surface area contributed by atoms with E-state index in [1.54, 1.807) is 12.1 Å². The van der Waals surface area contributed by atoms with Crippen molar-refractivity contribution >= 4 is 62.4 Å². The SMILES string of the molecule is Cl.Cl.O=S(=O)(NCCN1CCNCC1)c1cccc(Cl)c1Br. The number of rotatable bonds is 5. The molecule has 1 heterocycles. The van der Waals surface area contributed by atoms with Gasteiger partial charge in [0.1, 0.15) is 0 Å². The van der Waals surface area contributed by atoms with E-state index in [4.69, 9.17) is 11.6 Å². The lowest BCUT2D eigenvalue weighted by atomic mass is 10.3. The first-order valence-electron chi connectivity index (χ1n) is 6.37. The summed E-state index contributed by atoms with van der Waals surface area (Å²) in [5.41, 5.74) is 0. The lowest BCUT2D eigenvalue weighted by molar-refractivity contribution is 0.245. The Labute approximate surface area is 157 Å². The molecule has 1 fully saturated rings. The molecule has 22 heavy (non-hydrogen) atoms. The third-order valence-electron chi connectivity index (χ3n) is 3.14. The van der Waals surface area contributed by atoms with Gasteiger partial charge in [-0.2, -0.15) is 0 Å². The Morgan fingerprint density at radius 3 is 2.55 bits per heavy atom. The highest BCUT2D eigenvalue weighted by molar-refractivity contribution is 9.10. The van der Waals surface area contributed by atoms with Crippen LogP contribution in [0.4, 0.5) is 0 Å². The van der Waals surface area contributed by atoms with E-state index in [1.165, 1.54) is 6.07 Å². The average Bonchev–Trinajstić information content (AvgIpc) is 2.42. The Kier molecular flexibility index (Phi) is 10.5. The highest BCUT2D eigenvalue weighted by atomic mass is 79.9. The van der Waals surface area contributed by atoms with Gasteiger partial charge >= 0.3 is 0 Å². The lowest BCUT2D eigenvalue weighted by Gasteiger charge is -2.27. The van der Waals surface area contributed by atoms with Crippen LogP contribution in [0.5, 0.6) is 0 Å². The minimum atomic E-state index is -3.54. The van der Waals surface area contributed by atoms with Gasteiger partial charge < -0.3 is 5.32 Å². The van der Waals surface area contributed by atoms with Crippen LogP contribution >= 0.6 is 52.3 Å². The van der Waals surface area contributed by atoms with Gasteiger partial charge in [0.05, 0.1) is 14.4 Å². The molecule has 1 aromatic rings. The molecule has 0 radical (unpaired) electrons. The monoisotopic (exact) mass is 453 g/mol. The van der Waals surface area contributed by atoms with E-state index >= 15 is 0 Å². The summed E-state index contributed by atoms with van der Waals surface area (Å²) in [6.07, 6.45) is 0. The number of hydrogen-bond acceptors (Lipinski definition) is 4. The van der Waals surface area contributed by atoms with Crippen molar-refractivity contribution in [2.45, 2.75) is 4.90 Å². The van der Waals surface area contributed by atoms with Crippen molar-refractivity contribution in [2.24, 2.45) is 0 Å². The second kappa shape index (κ2) is 10.3. The van der Waals surface area contributed by atoms with Gasteiger partial charge in [-0.3, -0.25) is 4.90 Å². The van der Waals surface area contributed by atoms with Crippen molar-refractivity contribution in [1.82, 2.24) is 14.9 Å². The van der Waals surface area contributed by atoms with Crippen molar-refractivity contribution in [3.8, 4) is 0 Å². The van der Waals surface area contributed by atoms with Crippen LogP contribution in [0.25, 0.3) is 0 Å². The summed E-state index contributed by atoms with van der Waals surface area (Å²) >= 11 is 9.14. The van der Waals surface area contributed by atoms with Crippen LogP contribution in [0.3, 0.4) is 0 Å². The Hall–Kier alpha value is 0.400. The van der Waals surface area contributed by atoms with Crippen LogP contribution in [-0.2, 0) is 10.0 Å². The molecule has 0 unspecified atom stereocenters. The van der Waals surface area contributed by atoms with Gasteiger partial charge in [-0.15, -0.1) is 24.8 Å². The molecular weight excluding hydrogens is 436 g/mol. The number of nitrogens with zero attached hydrogens (tertiary/aromatic N) is 1. The first kappa shape index (κ1) is 22.4. The number of nitrogens with one attached hydrogen (secondary N) is 2. The molecule has 2 rings (SSSR count). The molecule has 0 aliphatic carbocycles. The highest BCUT2D eigenvalue weighted by Gasteiger charge is 2.19. The summed E-state index contributed by atoms with van der Waals surface area (Å²) in [6.45, 7) is 4.89. The second-order valence-electron chi connectivity index (χ2n) is 4.54. The fraction of sp³-hybridized carbons (Fsp3) is 0.500. The van der Waals surface area contributed by atoms with Gasteiger partial charge in [0.2, 0.25) is 10.0 Å². The smallest absolute Gasteiger partial charge is 0.241 e. The van der Waals surface area contributed by atoms with Gasteiger partial charge in [-0.25, -0.2) is 13.1 Å². The standard InChI is InChI=1S/C12H17BrClN3O2S.2ClH/c13-12-10(14)2-1-3-11(12)20(18,19)16-6-9-17-7-4-15-5-8-17;;/h1-3,15-16H,4-9H2;2*1H. The van der Waals surface area contributed by atoms with Crippen LogP contribution in [0.2, 0.25) is 5.02 Å². The summed E-state index contributed by atoms with van der Waals surface area (Å²) in [7, 11) is -3.54. The fourth-order valence-corrected chi connectivity index (χ4v) is 4.30. The maximum Gasteiger partial charge on any atom is 0.241 e. The van der Waals surface area contributed by atoms with Gasteiger partial charge in [0.25, 0.3) is 0 Å². The summed E-state index contributed by atoms with van der Waals surface area (Å²) < 4.78 is 27.4. The van der Waals surface area contributed by atoms with E-state index in [0.717, 1.165) is 26.2 Å². The predicted molar refractivity (Wildman–Crippen MR) is 98.1 cm³/mol. The van der Waals surface area contributed by atoms with Crippen molar-refractivity contribution in [1.29, 1.82) is 0 Å². The van der Waals surface area contributed by atoms with Crippen molar-refractivity contribution < 1.29 is 8.42 Å². The lowest BCUT2D eigenvalue weighted by Crippen LogP contribution is -2.46. The van der Waals surface area contributed by atoms with E-state index in [9.17, 15) is 8.42 Å². The molecule has 0 aromatic heterocycles. The fourth-order valence-electron chi connectivity index (χ4n) is 2.04. The first-order valence-corrected chi connectivity index (χ1v) is 9.03. The van der Waals surface area contributed by atoms with Crippen LogP contribution in [0.15, 0.2) is 27.6 Å². The molecule has 0 atom stereocenters. The van der Waals surface area contributed by atoms with E-state index < -0.39 is 10.0 Å². The van der Waals surface area contributed by atoms with Gasteiger partial charge in [0, 0.05) is 39.3 Å². The van der Waals surface area contributed by atoms with Crippen LogP contribution in [-0.4, -0.2) is 52.6 Å². The molecule has 1 saturated heterocycles. The zero-order chi connectivity index (χ0) is 14.6. The predicted octanol–water partition coefficient (Wildman–Crippen LogP) is 2.13. The van der Waals surface area contributed by atoms with E-state index in [0.29, 0.717) is 22.6 Å². The molecule has 0 spiro atoms. The van der Waals surface area contributed by atoms with E-state index in [-0.39, 0.29) is 29.7 Å². The molecule has 0 amide bonds.